The van der Waals surface area contributed by atoms with E-state index in [9.17, 15) is 14.4 Å². The third-order valence-electron chi connectivity index (χ3n) is 6.33. The molecule has 7 heteroatoms. The van der Waals surface area contributed by atoms with Gasteiger partial charge in [-0.2, -0.15) is 0 Å². The third kappa shape index (κ3) is 3.76. The number of carbonyl (C=O) groups excluding carboxylic acids is 1. The van der Waals surface area contributed by atoms with E-state index in [-0.39, 0.29) is 5.91 Å². The Labute approximate surface area is 180 Å². The second-order valence-corrected chi connectivity index (χ2v) is 8.11. The number of benzene rings is 2. The first-order valence-electron chi connectivity index (χ1n) is 10.8. The maximum absolute atomic E-state index is 13.3. The summed E-state index contributed by atoms with van der Waals surface area (Å²) in [5, 5.41) is 0.410. The van der Waals surface area contributed by atoms with Crippen LogP contribution in [0, 0.1) is 13.8 Å². The average Bonchev–Trinajstić information content (AvgIpc) is 2.78. The van der Waals surface area contributed by atoms with Crippen molar-refractivity contribution in [1.82, 2.24) is 14.5 Å². The van der Waals surface area contributed by atoms with Crippen molar-refractivity contribution in [3.8, 4) is 0 Å². The molecule has 4 rings (SSSR count). The minimum atomic E-state index is -0.812. The second-order valence-electron chi connectivity index (χ2n) is 8.11. The number of anilines is 1. The number of piperazine rings is 1. The zero-order chi connectivity index (χ0) is 22.1. The van der Waals surface area contributed by atoms with Crippen molar-refractivity contribution in [2.24, 2.45) is 0 Å². The Morgan fingerprint density at radius 1 is 1.00 bits per heavy atom. The summed E-state index contributed by atoms with van der Waals surface area (Å²) in [6.45, 7) is 8.60. The molecule has 1 fully saturated rings. The van der Waals surface area contributed by atoms with Crippen molar-refractivity contribution in [2.45, 2.75) is 33.2 Å². The average molecular weight is 421 g/mol. The number of rotatable bonds is 4. The quantitative estimate of drug-likeness (QED) is 0.704. The zero-order valence-electron chi connectivity index (χ0n) is 18.2. The monoisotopic (exact) mass is 420 g/mol. The highest BCUT2D eigenvalue weighted by Crippen LogP contribution is 2.24. The van der Waals surface area contributed by atoms with Gasteiger partial charge in [0.2, 0.25) is 5.91 Å². The van der Waals surface area contributed by atoms with Crippen LogP contribution in [-0.2, 0) is 4.79 Å². The number of amides is 1. The number of nitrogens with one attached hydrogen (secondary N) is 1. The third-order valence-corrected chi connectivity index (χ3v) is 6.33. The largest absolute Gasteiger partial charge is 0.368 e. The van der Waals surface area contributed by atoms with Crippen LogP contribution in [-0.4, -0.2) is 46.5 Å². The van der Waals surface area contributed by atoms with Crippen molar-refractivity contribution in [3.63, 3.8) is 0 Å². The van der Waals surface area contributed by atoms with E-state index in [1.807, 2.05) is 6.92 Å². The Morgan fingerprint density at radius 2 is 1.71 bits per heavy atom. The Kier molecular flexibility index (Phi) is 5.67. The van der Waals surface area contributed by atoms with Crippen LogP contribution in [0.25, 0.3) is 10.9 Å². The van der Waals surface area contributed by atoms with Crippen molar-refractivity contribution < 1.29 is 4.79 Å². The summed E-state index contributed by atoms with van der Waals surface area (Å²) in [6.07, 6.45) is 0.372. The first-order chi connectivity index (χ1) is 14.9. The van der Waals surface area contributed by atoms with E-state index in [0.717, 1.165) is 17.7 Å². The van der Waals surface area contributed by atoms with Crippen molar-refractivity contribution in [1.29, 1.82) is 0 Å². The molecule has 0 spiro atoms. The minimum Gasteiger partial charge on any atom is -0.368 e. The van der Waals surface area contributed by atoms with Gasteiger partial charge < -0.3 is 14.8 Å². The molecule has 0 bridgehead atoms. The predicted molar refractivity (Wildman–Crippen MR) is 123 cm³/mol. The molecule has 1 aromatic heterocycles. The fourth-order valence-electron chi connectivity index (χ4n) is 4.38. The zero-order valence-corrected chi connectivity index (χ0v) is 18.2. The molecule has 0 aliphatic carbocycles. The molecule has 1 amide bonds. The second kappa shape index (κ2) is 8.41. The normalized spacial score (nSPS) is 15.3. The predicted octanol–water partition coefficient (Wildman–Crippen LogP) is 2.61. The van der Waals surface area contributed by atoms with Crippen LogP contribution < -0.4 is 16.1 Å². The number of aryl methyl sites for hydroxylation is 1. The number of aromatic amines is 1. The van der Waals surface area contributed by atoms with Crippen LogP contribution in [0.3, 0.4) is 0 Å². The topological polar surface area (TPSA) is 78.4 Å². The summed E-state index contributed by atoms with van der Waals surface area (Å²) < 4.78 is 1.09. The minimum absolute atomic E-state index is 0.175. The SMILES string of the molecule is CC[C@H](C(=O)N1CCN(c2cccc(C)c2C)CC1)n1c(=O)[nH]c2ccccc2c1=O. The van der Waals surface area contributed by atoms with Crippen LogP contribution in [0.5, 0.6) is 0 Å². The molecule has 0 unspecified atom stereocenters. The van der Waals surface area contributed by atoms with E-state index in [2.05, 4.69) is 41.9 Å². The van der Waals surface area contributed by atoms with E-state index in [0.29, 0.717) is 30.4 Å². The summed E-state index contributed by atoms with van der Waals surface area (Å²) >= 11 is 0. The molecule has 3 aromatic rings. The molecule has 0 saturated carbocycles. The summed E-state index contributed by atoms with van der Waals surface area (Å²) in [5.41, 5.74) is 3.21. The van der Waals surface area contributed by atoms with Gasteiger partial charge in [-0.25, -0.2) is 9.36 Å². The van der Waals surface area contributed by atoms with Crippen LogP contribution in [0.15, 0.2) is 52.1 Å². The molecule has 1 aliphatic heterocycles. The molecule has 2 aromatic carbocycles. The highest BCUT2D eigenvalue weighted by Gasteiger charge is 2.30. The van der Waals surface area contributed by atoms with Crippen molar-refractivity contribution in [3.05, 3.63) is 74.4 Å². The van der Waals surface area contributed by atoms with Gasteiger partial charge in [0.05, 0.1) is 10.9 Å². The van der Waals surface area contributed by atoms with Crippen molar-refractivity contribution >= 4 is 22.5 Å². The van der Waals surface area contributed by atoms with E-state index < -0.39 is 17.3 Å². The molecular weight excluding hydrogens is 392 g/mol. The number of aromatic nitrogens is 2. The molecule has 7 nitrogen and oxygen atoms in total. The fraction of sp³-hybridized carbons (Fsp3) is 0.375. The van der Waals surface area contributed by atoms with Gasteiger partial charge >= 0.3 is 5.69 Å². The Bertz CT molecular complexity index is 1240. The van der Waals surface area contributed by atoms with Crippen LogP contribution >= 0.6 is 0 Å². The van der Waals surface area contributed by atoms with Gasteiger partial charge in [-0.15, -0.1) is 0 Å². The molecule has 1 saturated heterocycles. The molecular formula is C24H28N4O3. The Morgan fingerprint density at radius 3 is 2.42 bits per heavy atom. The maximum atomic E-state index is 13.3. The summed E-state index contributed by atoms with van der Waals surface area (Å²) in [5.74, 6) is -0.175. The molecule has 31 heavy (non-hydrogen) atoms. The molecule has 1 aliphatic rings. The van der Waals surface area contributed by atoms with Gasteiger partial charge in [-0.1, -0.05) is 31.2 Å². The summed E-state index contributed by atoms with van der Waals surface area (Å²) in [7, 11) is 0. The summed E-state index contributed by atoms with van der Waals surface area (Å²) in [6, 6.07) is 12.3. The van der Waals surface area contributed by atoms with Crippen LogP contribution in [0.2, 0.25) is 0 Å². The number of nitrogens with zero attached hydrogens (tertiary/aromatic N) is 3. The van der Waals surface area contributed by atoms with E-state index in [1.54, 1.807) is 29.2 Å². The lowest BCUT2D eigenvalue weighted by atomic mass is 10.1. The highest BCUT2D eigenvalue weighted by atomic mass is 16.2. The van der Waals surface area contributed by atoms with Crippen LogP contribution in [0.1, 0.15) is 30.5 Å². The number of H-pyrrole nitrogens is 1. The van der Waals surface area contributed by atoms with Gasteiger partial charge in [0.1, 0.15) is 6.04 Å². The first-order valence-corrected chi connectivity index (χ1v) is 10.8. The lowest BCUT2D eigenvalue weighted by molar-refractivity contribution is -0.135. The lowest BCUT2D eigenvalue weighted by Crippen LogP contribution is -2.52. The molecule has 162 valence electrons. The standard InChI is InChI=1S/C24H28N4O3/c1-4-20(28-22(29)18-9-5-6-10-19(18)25-24(28)31)23(30)27-14-12-26(13-15-27)21-11-7-8-16(2)17(21)3/h5-11,20H,4,12-15H2,1-3H3,(H,25,31)/t20-/m1/s1. The van der Waals surface area contributed by atoms with E-state index in [4.69, 9.17) is 0 Å². The van der Waals surface area contributed by atoms with Gasteiger partial charge in [0.25, 0.3) is 5.56 Å². The highest BCUT2D eigenvalue weighted by molar-refractivity contribution is 5.82. The number of hydrogen-bond donors (Lipinski definition) is 1. The first kappa shape index (κ1) is 20.9. The van der Waals surface area contributed by atoms with Gasteiger partial charge in [-0.3, -0.25) is 9.59 Å². The fourth-order valence-corrected chi connectivity index (χ4v) is 4.38. The van der Waals surface area contributed by atoms with Gasteiger partial charge in [0.15, 0.2) is 0 Å². The van der Waals surface area contributed by atoms with E-state index in [1.165, 1.54) is 16.8 Å². The Hall–Kier alpha value is -3.35. The molecule has 2 heterocycles. The molecule has 0 radical (unpaired) electrons. The van der Waals surface area contributed by atoms with Gasteiger partial charge in [0, 0.05) is 31.9 Å². The number of fused-ring (bicyclic) bond motifs is 1. The maximum Gasteiger partial charge on any atom is 0.329 e. The van der Waals surface area contributed by atoms with E-state index >= 15 is 0 Å². The molecule has 1 N–H and O–H groups in total. The number of para-hydroxylation sites is 1. The van der Waals surface area contributed by atoms with Gasteiger partial charge in [-0.05, 0) is 49.6 Å². The molecule has 1 atom stereocenters. The summed E-state index contributed by atoms with van der Waals surface area (Å²) in [4.78, 5) is 45.8. The smallest absolute Gasteiger partial charge is 0.329 e. The number of hydrogen-bond acceptors (Lipinski definition) is 4. The van der Waals surface area contributed by atoms with Crippen LogP contribution in [0.4, 0.5) is 5.69 Å². The lowest BCUT2D eigenvalue weighted by Gasteiger charge is -2.38. The Balaban J connectivity index is 1.57. The van der Waals surface area contributed by atoms with Crippen molar-refractivity contribution in [2.75, 3.05) is 31.1 Å². The number of carbonyl (C=O) groups is 1.